The molecule has 0 N–H and O–H groups in total. The molecule has 0 saturated heterocycles. The first-order valence-corrected chi connectivity index (χ1v) is 7.01. The average Bonchev–Trinajstić information content (AvgIpc) is 2.00. The van der Waals surface area contributed by atoms with Gasteiger partial charge in [0.25, 0.3) is 0 Å². The smallest absolute Gasteiger partial charge is 0.894 e. The SMILES string of the molecule is CO[Si](C)(OC)OC.[Na+].[Na+].[Na+].[Na+].[O-][Si]([O-])([O-])[O-]. The molecule has 0 fully saturated rings. The van der Waals surface area contributed by atoms with Crippen molar-refractivity contribution in [1.29, 1.82) is 0 Å². The molecule has 0 radical (unpaired) electrons. The van der Waals surface area contributed by atoms with Crippen LogP contribution in [-0.4, -0.2) is 39.2 Å². The minimum absolute atomic E-state index is 0. The van der Waals surface area contributed by atoms with Crippen LogP contribution in [0.2, 0.25) is 6.55 Å². The summed E-state index contributed by atoms with van der Waals surface area (Å²) in [4.78, 5) is 34.3. The Morgan fingerprint density at radius 2 is 0.765 bits per heavy atom. The van der Waals surface area contributed by atoms with Crippen molar-refractivity contribution >= 4 is 17.9 Å². The molecule has 13 heteroatoms. The minimum atomic E-state index is -5.61. The maximum absolute atomic E-state index is 8.58. The van der Waals surface area contributed by atoms with Gasteiger partial charge in [0.1, 0.15) is 0 Å². The van der Waals surface area contributed by atoms with Gasteiger partial charge >= 0.3 is 127 Å². The van der Waals surface area contributed by atoms with Crippen molar-refractivity contribution in [3.63, 3.8) is 0 Å². The molecule has 0 bridgehead atoms. The molecule has 0 unspecified atom stereocenters. The van der Waals surface area contributed by atoms with Crippen molar-refractivity contribution in [3.05, 3.63) is 0 Å². The van der Waals surface area contributed by atoms with Gasteiger partial charge in [0.2, 0.25) is 0 Å². The van der Waals surface area contributed by atoms with Crippen LogP contribution in [0.1, 0.15) is 0 Å². The standard InChI is InChI=1S/C4H12O3Si.4Na.O4Si/c1-5-8(4,6-2)7-3;;;;;1-5(2,3)4/h1-4H3;;;;;/q;4*+1;-4. The Kier molecular flexibility index (Phi) is 44.4. The van der Waals surface area contributed by atoms with Crippen molar-refractivity contribution in [1.82, 2.24) is 0 Å². The van der Waals surface area contributed by atoms with Crippen molar-refractivity contribution in [3.8, 4) is 0 Å². The van der Waals surface area contributed by atoms with E-state index in [0.29, 0.717) is 0 Å². The van der Waals surface area contributed by atoms with Gasteiger partial charge < -0.3 is 41.5 Å². The summed E-state index contributed by atoms with van der Waals surface area (Å²) in [6.45, 7) is 1.83. The molecule has 0 aromatic rings. The Hall–Kier alpha value is 4.15. The minimum Gasteiger partial charge on any atom is -0.894 e. The Labute approximate surface area is 193 Å². The summed E-state index contributed by atoms with van der Waals surface area (Å²) in [7, 11) is -3.03. The zero-order valence-electron chi connectivity index (χ0n) is 11.9. The van der Waals surface area contributed by atoms with Gasteiger partial charge in [0.05, 0.1) is 0 Å². The predicted octanol–water partition coefficient (Wildman–Crippen LogP) is -16.6. The molecular formula is C4H12Na4O7Si2. The quantitative estimate of drug-likeness (QED) is 0.473. The molecule has 0 aliphatic heterocycles. The van der Waals surface area contributed by atoms with Crippen molar-refractivity contribution < 1.29 is 151 Å². The van der Waals surface area contributed by atoms with Crippen LogP contribution in [0.5, 0.6) is 0 Å². The van der Waals surface area contributed by atoms with Gasteiger partial charge in [-0.25, -0.2) is 0 Å². The van der Waals surface area contributed by atoms with E-state index in [1.54, 1.807) is 21.3 Å². The molecule has 0 aromatic carbocycles. The van der Waals surface area contributed by atoms with Crippen molar-refractivity contribution in [2.45, 2.75) is 6.55 Å². The second-order valence-electron chi connectivity index (χ2n) is 1.97. The fourth-order valence-corrected chi connectivity index (χ4v) is 0.750. The van der Waals surface area contributed by atoms with Gasteiger partial charge in [-0.3, -0.25) is 0 Å². The summed E-state index contributed by atoms with van der Waals surface area (Å²) in [5.74, 6) is 0. The molecule has 0 atom stereocenters. The fourth-order valence-electron chi connectivity index (χ4n) is 0.250. The van der Waals surface area contributed by atoms with Crippen LogP contribution >= 0.6 is 0 Å². The third-order valence-corrected chi connectivity index (χ3v) is 3.34. The van der Waals surface area contributed by atoms with Crippen LogP contribution in [0.15, 0.2) is 0 Å². The van der Waals surface area contributed by atoms with E-state index in [1.165, 1.54) is 0 Å². The van der Waals surface area contributed by atoms with E-state index in [2.05, 4.69) is 0 Å². The number of hydrogen-bond donors (Lipinski definition) is 0. The third kappa shape index (κ3) is 38.4. The van der Waals surface area contributed by atoms with Crippen LogP contribution in [-0.2, 0) is 13.3 Å². The van der Waals surface area contributed by atoms with Crippen molar-refractivity contribution in [2.75, 3.05) is 21.3 Å². The summed E-state index contributed by atoms with van der Waals surface area (Å²) < 4.78 is 14.8. The Balaban J connectivity index is -0.0000000306. The second kappa shape index (κ2) is 20.2. The molecule has 0 aliphatic rings. The van der Waals surface area contributed by atoms with Gasteiger partial charge in [-0.1, -0.05) is 0 Å². The maximum atomic E-state index is 8.58. The van der Waals surface area contributed by atoms with Crippen LogP contribution in [0.3, 0.4) is 0 Å². The van der Waals surface area contributed by atoms with Crippen LogP contribution in [0.4, 0.5) is 0 Å². The predicted molar refractivity (Wildman–Crippen MR) is 38.4 cm³/mol. The van der Waals surface area contributed by atoms with E-state index in [4.69, 9.17) is 32.5 Å². The van der Waals surface area contributed by atoms with Crippen molar-refractivity contribution in [2.24, 2.45) is 0 Å². The third-order valence-electron chi connectivity index (χ3n) is 1.11. The summed E-state index contributed by atoms with van der Waals surface area (Å²) in [6, 6.07) is 0. The molecular weight excluding hydrogens is 308 g/mol. The summed E-state index contributed by atoms with van der Waals surface area (Å²) in [5, 5.41) is 0. The first-order valence-electron chi connectivity index (χ1n) is 3.15. The largest absolute Gasteiger partial charge is 1.00 e. The zero-order chi connectivity index (χ0) is 11.1. The summed E-state index contributed by atoms with van der Waals surface area (Å²) >= 11 is 0. The second-order valence-corrected chi connectivity index (χ2v) is 5.92. The molecule has 7 nitrogen and oxygen atoms in total. The topological polar surface area (TPSA) is 120 Å². The normalized spacial score (nSPS) is 9.18. The van der Waals surface area contributed by atoms with Crippen LogP contribution in [0, 0.1) is 0 Å². The van der Waals surface area contributed by atoms with E-state index in [1.807, 2.05) is 6.55 Å². The van der Waals surface area contributed by atoms with Crippen LogP contribution in [0.25, 0.3) is 0 Å². The maximum Gasteiger partial charge on any atom is 1.00 e. The molecule has 0 rings (SSSR count). The molecule has 82 valence electrons. The Morgan fingerprint density at radius 1 is 0.647 bits per heavy atom. The van der Waals surface area contributed by atoms with Gasteiger partial charge in [-0.2, -0.15) is 0 Å². The molecule has 0 heterocycles. The van der Waals surface area contributed by atoms with Gasteiger partial charge in [0.15, 0.2) is 0 Å². The average molecular weight is 320 g/mol. The Bertz CT molecular complexity index is 119. The number of rotatable bonds is 3. The molecule has 17 heavy (non-hydrogen) atoms. The number of hydrogen-bond acceptors (Lipinski definition) is 7. The molecule has 0 aliphatic carbocycles. The van der Waals surface area contributed by atoms with E-state index in [0.717, 1.165) is 0 Å². The first kappa shape index (κ1) is 37.4. The monoisotopic (exact) mass is 320 g/mol. The first-order chi connectivity index (χ1) is 5.68. The zero-order valence-corrected chi connectivity index (χ0v) is 21.9. The van der Waals surface area contributed by atoms with E-state index < -0.39 is 17.9 Å². The van der Waals surface area contributed by atoms with E-state index >= 15 is 0 Å². The molecule has 0 aromatic heterocycles. The van der Waals surface area contributed by atoms with Gasteiger partial charge in [-0.15, -0.1) is 0 Å². The molecule has 0 saturated carbocycles. The van der Waals surface area contributed by atoms with Crippen LogP contribution < -0.4 is 137 Å². The molecule has 0 spiro atoms. The van der Waals surface area contributed by atoms with E-state index in [-0.39, 0.29) is 118 Å². The van der Waals surface area contributed by atoms with Gasteiger partial charge in [-0.05, 0) is 0 Å². The van der Waals surface area contributed by atoms with E-state index in [9.17, 15) is 0 Å². The Morgan fingerprint density at radius 3 is 0.765 bits per heavy atom. The summed E-state index contributed by atoms with van der Waals surface area (Å²) in [6.07, 6.45) is 0. The van der Waals surface area contributed by atoms with Gasteiger partial charge in [0, 0.05) is 27.9 Å². The molecule has 0 amide bonds. The summed E-state index contributed by atoms with van der Waals surface area (Å²) in [5.41, 5.74) is 0. The fraction of sp³-hybridized carbons (Fsp3) is 1.00.